The summed E-state index contributed by atoms with van der Waals surface area (Å²) in [6.45, 7) is 3.15. The normalized spacial score (nSPS) is 10.3. The number of esters is 1. The Bertz CT molecular complexity index is 883. The summed E-state index contributed by atoms with van der Waals surface area (Å²) in [4.78, 5) is 37.6. The summed E-state index contributed by atoms with van der Waals surface area (Å²) in [6, 6.07) is 10.2. The Kier molecular flexibility index (Phi) is 7.70. The molecule has 7 nitrogen and oxygen atoms in total. The maximum atomic E-state index is 12.9. The number of hydrogen-bond acceptors (Lipinski definition) is 5. The number of carbonyl (C=O) groups excluding carboxylic acids is 3. The molecule has 154 valence electrons. The zero-order valence-electron chi connectivity index (χ0n) is 16.3. The van der Waals surface area contributed by atoms with Crippen LogP contribution in [0.4, 0.5) is 4.39 Å². The number of hydrogen-bond donors (Lipinski definition) is 2. The van der Waals surface area contributed by atoms with Gasteiger partial charge in [-0.15, -0.1) is 0 Å². The van der Waals surface area contributed by atoms with Gasteiger partial charge in [0.05, 0.1) is 6.54 Å². The number of likely N-dealkylation sites (N-methyl/N-ethyl adjacent to an activating group) is 1. The fourth-order valence-corrected chi connectivity index (χ4v) is 2.52. The topological polar surface area (TPSA) is 95.9 Å². The molecular weight excluding hydrogens is 379 g/mol. The Morgan fingerprint density at radius 1 is 1.14 bits per heavy atom. The van der Waals surface area contributed by atoms with Gasteiger partial charge in [0, 0.05) is 13.1 Å². The number of carbonyl (C=O) groups is 3. The van der Waals surface area contributed by atoms with Crippen LogP contribution in [0.15, 0.2) is 42.5 Å². The predicted octanol–water partition coefficient (Wildman–Crippen LogP) is 2.16. The van der Waals surface area contributed by atoms with Crippen molar-refractivity contribution >= 4 is 17.8 Å². The van der Waals surface area contributed by atoms with Crippen molar-refractivity contribution in [2.45, 2.75) is 20.4 Å². The quantitative estimate of drug-likeness (QED) is 0.660. The van der Waals surface area contributed by atoms with E-state index in [0.29, 0.717) is 0 Å². The number of benzene rings is 2. The van der Waals surface area contributed by atoms with E-state index in [1.165, 1.54) is 29.2 Å². The number of halogens is 1. The molecule has 0 heterocycles. The molecule has 2 amide bonds. The predicted molar refractivity (Wildman–Crippen MR) is 104 cm³/mol. The molecule has 0 spiro atoms. The minimum Gasteiger partial charge on any atom is -0.507 e. The highest BCUT2D eigenvalue weighted by Gasteiger charge is 2.19. The molecule has 0 aliphatic carbocycles. The van der Waals surface area contributed by atoms with Crippen LogP contribution in [0.3, 0.4) is 0 Å². The minimum absolute atomic E-state index is 0.0384. The van der Waals surface area contributed by atoms with Crippen molar-refractivity contribution in [3.63, 3.8) is 0 Å². The molecule has 2 aromatic carbocycles. The highest BCUT2D eigenvalue weighted by atomic mass is 19.1. The van der Waals surface area contributed by atoms with Crippen LogP contribution in [0.25, 0.3) is 0 Å². The first-order valence-electron chi connectivity index (χ1n) is 9.05. The highest BCUT2D eigenvalue weighted by Crippen LogP contribution is 2.19. The van der Waals surface area contributed by atoms with Gasteiger partial charge in [-0.2, -0.15) is 0 Å². The third-order valence-electron chi connectivity index (χ3n) is 4.17. The summed E-state index contributed by atoms with van der Waals surface area (Å²) in [5.41, 5.74) is 1.46. The molecule has 0 unspecified atom stereocenters. The van der Waals surface area contributed by atoms with Crippen LogP contribution in [0.5, 0.6) is 5.75 Å². The van der Waals surface area contributed by atoms with Crippen molar-refractivity contribution < 1.29 is 28.6 Å². The second-order valence-corrected chi connectivity index (χ2v) is 6.41. The van der Waals surface area contributed by atoms with Gasteiger partial charge in [-0.05, 0) is 49.2 Å². The molecule has 0 fully saturated rings. The van der Waals surface area contributed by atoms with E-state index >= 15 is 0 Å². The molecule has 0 saturated carbocycles. The number of rotatable bonds is 8. The van der Waals surface area contributed by atoms with Gasteiger partial charge in [0.1, 0.15) is 17.1 Å². The first-order valence-corrected chi connectivity index (χ1v) is 9.05. The van der Waals surface area contributed by atoms with Crippen LogP contribution in [-0.4, -0.2) is 47.5 Å². The number of nitrogens with one attached hydrogen (secondary N) is 1. The number of aromatic hydroxyl groups is 1. The third kappa shape index (κ3) is 6.60. The molecule has 0 aliphatic rings. The fraction of sp³-hybridized carbons (Fsp3) is 0.286. The van der Waals surface area contributed by atoms with E-state index in [4.69, 9.17) is 4.74 Å². The lowest BCUT2D eigenvalue weighted by Crippen LogP contribution is -2.42. The molecule has 29 heavy (non-hydrogen) atoms. The first kappa shape index (κ1) is 21.9. The maximum absolute atomic E-state index is 12.9. The Morgan fingerprint density at radius 3 is 2.45 bits per heavy atom. The molecule has 2 aromatic rings. The number of amides is 2. The van der Waals surface area contributed by atoms with Crippen molar-refractivity contribution in [3.05, 3.63) is 65.0 Å². The van der Waals surface area contributed by atoms with Crippen LogP contribution >= 0.6 is 0 Å². The molecule has 2 rings (SSSR count). The summed E-state index contributed by atoms with van der Waals surface area (Å²) in [6.07, 6.45) is 0. The van der Waals surface area contributed by atoms with Crippen molar-refractivity contribution in [1.29, 1.82) is 0 Å². The number of phenols is 1. The number of ether oxygens (including phenoxy) is 1. The van der Waals surface area contributed by atoms with Crippen LogP contribution in [-0.2, 0) is 20.9 Å². The van der Waals surface area contributed by atoms with Crippen molar-refractivity contribution in [1.82, 2.24) is 10.2 Å². The van der Waals surface area contributed by atoms with Gasteiger partial charge >= 0.3 is 5.97 Å². The summed E-state index contributed by atoms with van der Waals surface area (Å²) in [5.74, 6) is -2.35. The zero-order chi connectivity index (χ0) is 21.4. The Hall–Kier alpha value is -3.42. The molecule has 8 heteroatoms. The number of nitrogens with zero attached hydrogens (tertiary/aromatic N) is 1. The summed E-state index contributed by atoms with van der Waals surface area (Å²) in [5, 5.41) is 12.4. The second kappa shape index (κ2) is 10.2. The van der Waals surface area contributed by atoms with Gasteiger partial charge in [0.25, 0.3) is 5.91 Å². The van der Waals surface area contributed by atoms with Crippen LogP contribution in [0.1, 0.15) is 28.4 Å². The van der Waals surface area contributed by atoms with E-state index in [9.17, 15) is 23.9 Å². The van der Waals surface area contributed by atoms with Gasteiger partial charge < -0.3 is 20.1 Å². The lowest BCUT2D eigenvalue weighted by Gasteiger charge is -2.20. The van der Waals surface area contributed by atoms with E-state index < -0.39 is 24.4 Å². The molecule has 0 saturated heterocycles. The highest BCUT2D eigenvalue weighted by molar-refractivity contribution is 5.94. The van der Waals surface area contributed by atoms with Gasteiger partial charge in [0.15, 0.2) is 6.61 Å². The first-order chi connectivity index (χ1) is 13.8. The van der Waals surface area contributed by atoms with Gasteiger partial charge in [-0.1, -0.05) is 18.2 Å². The lowest BCUT2D eigenvalue weighted by atomic mass is 10.1. The maximum Gasteiger partial charge on any atom is 0.342 e. The van der Waals surface area contributed by atoms with Crippen LogP contribution < -0.4 is 5.32 Å². The third-order valence-corrected chi connectivity index (χ3v) is 4.17. The molecule has 0 radical (unpaired) electrons. The molecule has 0 aliphatic heterocycles. The summed E-state index contributed by atoms with van der Waals surface area (Å²) in [7, 11) is 0. The van der Waals surface area contributed by atoms with E-state index in [-0.39, 0.29) is 36.8 Å². The van der Waals surface area contributed by atoms with E-state index in [1.54, 1.807) is 32.0 Å². The van der Waals surface area contributed by atoms with Crippen LogP contribution in [0.2, 0.25) is 0 Å². The van der Waals surface area contributed by atoms with Crippen LogP contribution in [0, 0.1) is 12.7 Å². The molecule has 0 atom stereocenters. The Labute approximate surface area is 168 Å². The average Bonchev–Trinajstić information content (AvgIpc) is 2.69. The second-order valence-electron chi connectivity index (χ2n) is 6.41. The molecule has 2 N–H and O–H groups in total. The van der Waals surface area contributed by atoms with Gasteiger partial charge in [-0.25, -0.2) is 9.18 Å². The number of phenolic OH excluding ortho intramolecular Hbond substituents is 1. The van der Waals surface area contributed by atoms with E-state index in [0.717, 1.165) is 11.1 Å². The van der Waals surface area contributed by atoms with E-state index in [1.807, 2.05) is 0 Å². The monoisotopic (exact) mass is 402 g/mol. The fourth-order valence-electron chi connectivity index (χ4n) is 2.52. The minimum atomic E-state index is -0.826. The standard InChI is InChI=1S/C21H23FN2O5/c1-3-24(12-19(26)23-11-15-5-7-16(22)8-6-15)20(27)13-29-21(28)17-9-4-14(2)10-18(17)25/h4-10,25H,3,11-13H2,1-2H3,(H,23,26). The van der Waals surface area contributed by atoms with Crippen molar-refractivity contribution in [3.8, 4) is 5.75 Å². The lowest BCUT2D eigenvalue weighted by molar-refractivity contribution is -0.138. The summed E-state index contributed by atoms with van der Waals surface area (Å²) < 4.78 is 17.8. The SMILES string of the molecule is CCN(CC(=O)NCc1ccc(F)cc1)C(=O)COC(=O)c1ccc(C)cc1O. The Morgan fingerprint density at radius 2 is 1.83 bits per heavy atom. The van der Waals surface area contributed by atoms with Crippen molar-refractivity contribution in [2.75, 3.05) is 19.7 Å². The van der Waals surface area contributed by atoms with E-state index in [2.05, 4.69) is 5.32 Å². The molecule has 0 bridgehead atoms. The molecule has 0 aromatic heterocycles. The number of aryl methyl sites for hydroxylation is 1. The Balaban J connectivity index is 1.83. The summed E-state index contributed by atoms with van der Waals surface area (Å²) >= 11 is 0. The van der Waals surface area contributed by atoms with Gasteiger partial charge in [0.2, 0.25) is 5.91 Å². The van der Waals surface area contributed by atoms with Gasteiger partial charge in [-0.3, -0.25) is 9.59 Å². The molecular formula is C21H23FN2O5. The average molecular weight is 402 g/mol. The largest absolute Gasteiger partial charge is 0.507 e. The zero-order valence-corrected chi connectivity index (χ0v) is 16.3. The van der Waals surface area contributed by atoms with Crippen molar-refractivity contribution in [2.24, 2.45) is 0 Å². The smallest absolute Gasteiger partial charge is 0.342 e.